The lowest BCUT2D eigenvalue weighted by Gasteiger charge is -2.47. The first-order valence-electron chi connectivity index (χ1n) is 14.0. The molecule has 1 N–H and O–H groups in total. The molecule has 4 rings (SSSR count). The molecule has 3 heterocycles. The minimum Gasteiger partial charge on any atom is -0.353 e. The highest BCUT2D eigenvalue weighted by Crippen LogP contribution is 2.29. The molecule has 216 valence electrons. The van der Waals surface area contributed by atoms with Gasteiger partial charge in [0.1, 0.15) is 5.82 Å². The Morgan fingerprint density at radius 1 is 1.10 bits per heavy atom. The summed E-state index contributed by atoms with van der Waals surface area (Å²) in [6.45, 7) is 13.2. The van der Waals surface area contributed by atoms with E-state index in [2.05, 4.69) is 44.1 Å². The summed E-state index contributed by atoms with van der Waals surface area (Å²) in [4.78, 5) is 24.7. The summed E-state index contributed by atoms with van der Waals surface area (Å²) >= 11 is 12.7. The zero-order chi connectivity index (χ0) is 27.8. The second-order valence-corrected chi connectivity index (χ2v) is 11.1. The highest BCUT2D eigenvalue weighted by atomic mass is 35.5. The number of piperazine rings is 1. The molecule has 2 aliphatic rings. The number of ether oxygens (including phenoxy) is 2. The van der Waals surface area contributed by atoms with Crippen molar-refractivity contribution in [3.63, 3.8) is 0 Å². The van der Waals surface area contributed by atoms with Crippen LogP contribution >= 0.6 is 23.2 Å². The van der Waals surface area contributed by atoms with E-state index >= 15 is 0 Å². The number of amides is 1. The fourth-order valence-corrected chi connectivity index (χ4v) is 5.98. The number of hydrogen-bond acceptors (Lipinski definition) is 7. The highest BCUT2D eigenvalue weighted by Gasteiger charge is 2.32. The summed E-state index contributed by atoms with van der Waals surface area (Å²) in [5, 5.41) is 4.12. The average Bonchev–Trinajstić information content (AvgIpc) is 2.93. The fraction of sp³-hybridized carbons (Fsp3) is 0.586. The number of benzene rings is 1. The molecule has 10 heteroatoms. The predicted octanol–water partition coefficient (Wildman–Crippen LogP) is 4.94. The van der Waals surface area contributed by atoms with Crippen molar-refractivity contribution < 1.29 is 15.7 Å². The standard InChI is InChI=1S/C29H41Cl2N5O3.H2/c1-4-38-27(39-5-2)18-33-29(37)23-16-26(31)28(32-17-23)35-14-15-36(21(3)19-35)25-10-12-34(13-11-25)20-22-6-8-24(30)9-7-22;/h6-9,16-17,21,25,27H,4-5,10-15,18-20H2,1-3H3,(H,33,37);1H/t21-;/m0./s1. The van der Waals surface area contributed by atoms with E-state index in [9.17, 15) is 4.79 Å². The molecule has 0 saturated carbocycles. The lowest BCUT2D eigenvalue weighted by molar-refractivity contribution is -0.131. The van der Waals surface area contributed by atoms with Crippen molar-refractivity contribution in [2.45, 2.75) is 58.5 Å². The third kappa shape index (κ3) is 8.28. The lowest BCUT2D eigenvalue weighted by atomic mass is 9.99. The Morgan fingerprint density at radius 3 is 2.41 bits per heavy atom. The zero-order valence-electron chi connectivity index (χ0n) is 23.2. The van der Waals surface area contributed by atoms with E-state index in [1.807, 2.05) is 26.0 Å². The Bertz CT molecular complexity index is 1070. The monoisotopic (exact) mass is 579 g/mol. The summed E-state index contributed by atoms with van der Waals surface area (Å²) in [5.74, 6) is 0.486. The van der Waals surface area contributed by atoms with Gasteiger partial charge >= 0.3 is 0 Å². The van der Waals surface area contributed by atoms with Crippen LogP contribution in [0.3, 0.4) is 0 Å². The Kier molecular flexibility index (Phi) is 11.3. The number of nitrogens with zero attached hydrogens (tertiary/aromatic N) is 4. The predicted molar refractivity (Wildman–Crippen MR) is 159 cm³/mol. The minimum atomic E-state index is -0.472. The molecule has 2 aliphatic heterocycles. The maximum atomic E-state index is 12.7. The number of aromatic nitrogens is 1. The van der Waals surface area contributed by atoms with Gasteiger partial charge in [0.25, 0.3) is 5.91 Å². The number of carbonyl (C=O) groups is 1. The molecule has 0 unspecified atom stereocenters. The van der Waals surface area contributed by atoms with Gasteiger partial charge in [0.05, 0.1) is 17.1 Å². The molecule has 1 aromatic carbocycles. The van der Waals surface area contributed by atoms with E-state index in [1.165, 1.54) is 18.4 Å². The first-order chi connectivity index (χ1) is 18.9. The molecular formula is C29H43Cl2N5O3. The summed E-state index contributed by atoms with van der Waals surface area (Å²) in [6, 6.07) is 10.9. The smallest absolute Gasteiger partial charge is 0.253 e. The Labute approximate surface area is 244 Å². The number of likely N-dealkylation sites (tertiary alicyclic amines) is 1. The number of hydrogen-bond donors (Lipinski definition) is 1. The van der Waals surface area contributed by atoms with Crippen LogP contribution in [-0.4, -0.2) is 91.5 Å². The third-order valence-corrected chi connectivity index (χ3v) is 8.07. The van der Waals surface area contributed by atoms with Gasteiger partial charge in [0, 0.05) is 64.1 Å². The molecule has 1 atom stereocenters. The lowest BCUT2D eigenvalue weighted by Crippen LogP contribution is -2.57. The molecule has 0 bridgehead atoms. The van der Waals surface area contributed by atoms with Crippen molar-refractivity contribution in [3.05, 3.63) is 57.7 Å². The number of rotatable bonds is 11. The van der Waals surface area contributed by atoms with Gasteiger partial charge in [-0.15, -0.1) is 0 Å². The molecule has 1 aromatic heterocycles. The normalized spacial score (nSPS) is 19.5. The maximum absolute atomic E-state index is 12.7. The van der Waals surface area contributed by atoms with Crippen molar-refractivity contribution in [2.75, 3.05) is 57.4 Å². The van der Waals surface area contributed by atoms with Gasteiger partial charge in [-0.1, -0.05) is 35.3 Å². The molecule has 2 saturated heterocycles. The van der Waals surface area contributed by atoms with Crippen LogP contribution in [0.2, 0.25) is 10.0 Å². The topological polar surface area (TPSA) is 70.2 Å². The number of nitrogens with one attached hydrogen (secondary N) is 1. The van der Waals surface area contributed by atoms with Crippen LogP contribution in [0.25, 0.3) is 0 Å². The summed E-state index contributed by atoms with van der Waals surface area (Å²) in [6.07, 6.45) is 3.48. The molecule has 39 heavy (non-hydrogen) atoms. The van der Waals surface area contributed by atoms with Gasteiger partial charge in [-0.25, -0.2) is 4.98 Å². The van der Waals surface area contributed by atoms with E-state index < -0.39 is 6.29 Å². The van der Waals surface area contributed by atoms with Crippen molar-refractivity contribution >= 4 is 34.9 Å². The molecule has 0 spiro atoms. The van der Waals surface area contributed by atoms with Crippen molar-refractivity contribution in [1.29, 1.82) is 0 Å². The molecule has 1 amide bonds. The van der Waals surface area contributed by atoms with Crippen LogP contribution in [0, 0.1) is 0 Å². The van der Waals surface area contributed by atoms with Crippen molar-refractivity contribution in [2.24, 2.45) is 0 Å². The van der Waals surface area contributed by atoms with E-state index in [1.54, 1.807) is 12.3 Å². The van der Waals surface area contributed by atoms with Crippen LogP contribution in [-0.2, 0) is 16.0 Å². The van der Waals surface area contributed by atoms with Crippen LogP contribution in [0.15, 0.2) is 36.5 Å². The molecule has 0 aliphatic carbocycles. The SMILES string of the molecule is CCOC(CNC(=O)c1cnc(N2CCN(C3CCN(Cc4ccc(Cl)cc4)CC3)[C@@H](C)C2)c(Cl)c1)OCC.[HH]. The molecule has 2 fully saturated rings. The zero-order valence-corrected chi connectivity index (χ0v) is 24.8. The largest absolute Gasteiger partial charge is 0.353 e. The van der Waals surface area contributed by atoms with Crippen molar-refractivity contribution in [3.8, 4) is 0 Å². The number of carbonyl (C=O) groups excluding carboxylic acids is 1. The number of anilines is 1. The van der Waals surface area contributed by atoms with Crippen LogP contribution in [0.4, 0.5) is 5.82 Å². The van der Waals surface area contributed by atoms with Gasteiger partial charge in [-0.05, 0) is 70.5 Å². The first kappa shape index (κ1) is 30.0. The Hall–Kier alpha value is -1.94. The Morgan fingerprint density at radius 2 is 1.79 bits per heavy atom. The summed E-state index contributed by atoms with van der Waals surface area (Å²) in [7, 11) is 0. The van der Waals surface area contributed by atoms with Gasteiger partial charge in [0.2, 0.25) is 0 Å². The molecule has 0 radical (unpaired) electrons. The molecule has 2 aromatic rings. The Balaban J connectivity index is 0.00000441. The second-order valence-electron chi connectivity index (χ2n) is 10.2. The average molecular weight is 581 g/mol. The quantitative estimate of drug-likeness (QED) is 0.378. The van der Waals surface area contributed by atoms with Gasteiger partial charge in [-0.3, -0.25) is 14.6 Å². The highest BCUT2D eigenvalue weighted by molar-refractivity contribution is 6.33. The van der Waals surface area contributed by atoms with Crippen molar-refractivity contribution in [1.82, 2.24) is 20.1 Å². The first-order valence-corrected chi connectivity index (χ1v) is 14.8. The number of pyridine rings is 1. The second kappa shape index (κ2) is 14.6. The van der Waals surface area contributed by atoms with Crippen LogP contribution < -0.4 is 10.2 Å². The van der Waals surface area contributed by atoms with E-state index in [0.29, 0.717) is 35.9 Å². The van der Waals surface area contributed by atoms with E-state index in [-0.39, 0.29) is 13.9 Å². The van der Waals surface area contributed by atoms with Gasteiger partial charge in [-0.2, -0.15) is 0 Å². The fourth-order valence-electron chi connectivity index (χ4n) is 5.57. The van der Waals surface area contributed by atoms with Crippen LogP contribution in [0.5, 0.6) is 0 Å². The molecule has 8 nitrogen and oxygen atoms in total. The van der Waals surface area contributed by atoms with Gasteiger partial charge < -0.3 is 19.7 Å². The third-order valence-electron chi connectivity index (χ3n) is 7.54. The van der Waals surface area contributed by atoms with E-state index in [0.717, 1.165) is 50.1 Å². The number of halogens is 2. The van der Waals surface area contributed by atoms with Crippen LogP contribution in [0.1, 0.15) is 51.0 Å². The minimum absolute atomic E-state index is 0. The summed E-state index contributed by atoms with van der Waals surface area (Å²) in [5.41, 5.74) is 1.74. The number of piperidine rings is 1. The van der Waals surface area contributed by atoms with Gasteiger partial charge in [0.15, 0.2) is 6.29 Å². The van der Waals surface area contributed by atoms with E-state index in [4.69, 9.17) is 32.7 Å². The molecular weight excluding hydrogens is 537 g/mol. The maximum Gasteiger partial charge on any atom is 0.253 e. The summed E-state index contributed by atoms with van der Waals surface area (Å²) < 4.78 is 11.0.